The minimum Gasteiger partial charge on any atom is -0.461 e. The Kier molecular flexibility index (Phi) is 21.4. The Labute approximate surface area is 412 Å². The highest BCUT2D eigenvalue weighted by Gasteiger charge is 2.61. The molecule has 4 fully saturated rings. The molecule has 4 aliphatic rings. The van der Waals surface area contributed by atoms with Crippen molar-refractivity contribution in [2.24, 2.45) is 46.3 Å². The van der Waals surface area contributed by atoms with Gasteiger partial charge in [0, 0.05) is 18.8 Å². The number of carbonyl (C=O) groups excluding carboxylic acids is 6. The fourth-order valence-electron chi connectivity index (χ4n) is 12.8. The van der Waals surface area contributed by atoms with Gasteiger partial charge in [-0.1, -0.05) is 84.6 Å². The van der Waals surface area contributed by atoms with Gasteiger partial charge < -0.3 is 28.4 Å². The van der Waals surface area contributed by atoms with Crippen molar-refractivity contribution in [1.82, 2.24) is 0 Å². The van der Waals surface area contributed by atoms with Crippen LogP contribution in [0.2, 0.25) is 0 Å². The van der Waals surface area contributed by atoms with Crippen molar-refractivity contribution in [3.63, 3.8) is 0 Å². The van der Waals surface area contributed by atoms with Gasteiger partial charge in [0.2, 0.25) is 0 Å². The molecule has 0 amide bonds. The monoisotopic (exact) mass is 961 g/mol. The van der Waals surface area contributed by atoms with Crippen LogP contribution in [0, 0.1) is 60.2 Å². The number of ether oxygens (including phenoxy) is 6. The first-order valence-electron chi connectivity index (χ1n) is 26.4. The lowest BCUT2D eigenvalue weighted by atomic mass is 9.44. The molecule has 9 atom stereocenters. The van der Waals surface area contributed by atoms with E-state index in [1.54, 1.807) is 19.1 Å². The van der Waals surface area contributed by atoms with Crippen molar-refractivity contribution in [3.05, 3.63) is 53.1 Å². The predicted octanol–water partition coefficient (Wildman–Crippen LogP) is 12.6. The van der Waals surface area contributed by atoms with Crippen molar-refractivity contribution in [3.8, 4) is 5.75 Å². The zero-order valence-electron chi connectivity index (χ0n) is 43.2. The molecule has 0 saturated heterocycles. The second kappa shape index (κ2) is 26.7. The van der Waals surface area contributed by atoms with Crippen LogP contribution in [0.25, 0.3) is 0 Å². The second-order valence-corrected chi connectivity index (χ2v) is 21.4. The summed E-state index contributed by atoms with van der Waals surface area (Å²) in [6.07, 6.45) is 21.6. The smallest absolute Gasteiger partial charge is 0.461 e. The van der Waals surface area contributed by atoms with Gasteiger partial charge in [0.1, 0.15) is 37.5 Å². The summed E-state index contributed by atoms with van der Waals surface area (Å²) in [6.45, 7) is 16.0. The van der Waals surface area contributed by atoms with Crippen molar-refractivity contribution in [2.75, 3.05) is 13.2 Å². The van der Waals surface area contributed by atoms with Crippen molar-refractivity contribution >= 4 is 35.8 Å². The molecule has 0 heterocycles. The van der Waals surface area contributed by atoms with Crippen molar-refractivity contribution in [1.29, 1.82) is 0 Å². The topological polar surface area (TPSA) is 158 Å². The normalized spacial score (nSPS) is 26.7. The number of rotatable bonds is 25. The number of ketones is 1. The standard InChI is InChI=1S/C57H84O12/c1-9-11-15-20-50(59)64-36-45(37-65-51(60)21-16-12-10-2)67-53(62)31-38(3)19-17-13-14-18-22-52(61)69-54-39(4)32-42(33-40(54)5)35-66-55(63)68-44-27-29-56(7)43(34-44)23-24-46-48-26-25-47(41(6)58)57(48,8)30-28-49(46)56/h11-12,15-16,32-33,38,43-49H,9-10,13-14,17-31,34-37H2,1-8H3/b15-11-,16-12-/t38?,43-,44+,46-,47+,48-,49-,56-,57+/m0/s1. The van der Waals surface area contributed by atoms with Gasteiger partial charge in [0.25, 0.3) is 0 Å². The zero-order chi connectivity index (χ0) is 50.1. The van der Waals surface area contributed by atoms with Crippen molar-refractivity contribution in [2.45, 2.75) is 203 Å². The lowest BCUT2D eigenvalue weighted by Crippen LogP contribution is -2.54. The quantitative estimate of drug-likeness (QED) is 0.0301. The summed E-state index contributed by atoms with van der Waals surface area (Å²) in [5.41, 5.74) is 2.78. The molecule has 12 nitrogen and oxygen atoms in total. The molecule has 0 N–H and O–H groups in total. The maximum absolute atomic E-state index is 13.0. The molecule has 0 bridgehead atoms. The highest BCUT2D eigenvalue weighted by Crippen LogP contribution is 2.67. The predicted molar refractivity (Wildman–Crippen MR) is 264 cm³/mol. The van der Waals surface area contributed by atoms with Crippen LogP contribution in [0.3, 0.4) is 0 Å². The summed E-state index contributed by atoms with van der Waals surface area (Å²) >= 11 is 0. The number of allylic oxidation sites excluding steroid dienone is 2. The summed E-state index contributed by atoms with van der Waals surface area (Å²) in [5, 5.41) is 0. The van der Waals surface area contributed by atoms with Crippen LogP contribution in [0.4, 0.5) is 4.79 Å². The van der Waals surface area contributed by atoms with E-state index in [1.165, 1.54) is 19.3 Å². The van der Waals surface area contributed by atoms with E-state index in [1.807, 2.05) is 58.9 Å². The molecule has 0 spiro atoms. The van der Waals surface area contributed by atoms with Gasteiger partial charge in [-0.2, -0.15) is 0 Å². The molecule has 5 rings (SSSR count). The van der Waals surface area contributed by atoms with E-state index in [-0.39, 0.29) is 80.2 Å². The SMILES string of the molecule is CC/C=C\CC(=O)OCC(COC(=O)C/C=C\CC)OC(=O)CC(C)CCCCCCC(=O)Oc1c(C)cc(COC(=O)O[C@@H]2CC[C@@]3(C)[C@@H](CC[C@@H]4[C@@H]3CC[C@]3(C)[C@@H](C(C)=O)CC[C@@H]43)C2)cc1C. The number of aryl methyl sites for hydroxylation is 2. The fraction of sp³-hybridized carbons (Fsp3) is 0.719. The van der Waals surface area contributed by atoms with Crippen LogP contribution >= 0.6 is 0 Å². The molecule has 0 radical (unpaired) electrons. The molecule has 384 valence electrons. The van der Waals surface area contributed by atoms with Crippen molar-refractivity contribution < 1.29 is 57.2 Å². The summed E-state index contributed by atoms with van der Waals surface area (Å²) in [7, 11) is 0. The Morgan fingerprint density at radius 2 is 1.33 bits per heavy atom. The van der Waals surface area contributed by atoms with E-state index in [2.05, 4.69) is 13.8 Å². The van der Waals surface area contributed by atoms with Crippen LogP contribution in [-0.2, 0) is 54.3 Å². The molecule has 0 aromatic heterocycles. The molecule has 4 aliphatic carbocycles. The zero-order valence-corrected chi connectivity index (χ0v) is 43.2. The molecule has 69 heavy (non-hydrogen) atoms. The number of hydrogen-bond acceptors (Lipinski definition) is 12. The van der Waals surface area contributed by atoms with Gasteiger partial charge in [-0.3, -0.25) is 24.0 Å². The van der Waals surface area contributed by atoms with Gasteiger partial charge in [0.05, 0.1) is 12.8 Å². The van der Waals surface area contributed by atoms with Crippen LogP contribution in [0.15, 0.2) is 36.4 Å². The molecule has 1 unspecified atom stereocenters. The molecule has 1 aromatic rings. The van der Waals surface area contributed by atoms with Gasteiger partial charge in [-0.25, -0.2) is 4.79 Å². The summed E-state index contributed by atoms with van der Waals surface area (Å²) in [6, 6.07) is 3.76. The largest absolute Gasteiger partial charge is 0.508 e. The Bertz CT molecular complexity index is 1910. The Morgan fingerprint density at radius 1 is 0.710 bits per heavy atom. The molecule has 1 aromatic carbocycles. The van der Waals surface area contributed by atoms with E-state index >= 15 is 0 Å². The first-order chi connectivity index (χ1) is 33.0. The van der Waals surface area contributed by atoms with E-state index in [4.69, 9.17) is 28.4 Å². The number of benzene rings is 1. The maximum Gasteiger partial charge on any atom is 0.508 e. The average Bonchev–Trinajstić information content (AvgIpc) is 3.67. The first kappa shape index (κ1) is 55.4. The van der Waals surface area contributed by atoms with E-state index in [0.29, 0.717) is 41.6 Å². The van der Waals surface area contributed by atoms with Gasteiger partial charge in [-0.15, -0.1) is 0 Å². The number of unbranched alkanes of at least 4 members (excludes halogenated alkanes) is 3. The molecule has 0 aliphatic heterocycles. The first-order valence-corrected chi connectivity index (χ1v) is 26.4. The number of fused-ring (bicyclic) bond motifs is 5. The van der Waals surface area contributed by atoms with Crippen LogP contribution in [0.1, 0.15) is 187 Å². The third kappa shape index (κ3) is 15.8. The third-order valence-electron chi connectivity index (χ3n) is 16.3. The average molecular weight is 961 g/mol. The Morgan fingerprint density at radius 3 is 1.97 bits per heavy atom. The lowest BCUT2D eigenvalue weighted by molar-refractivity contribution is -0.166. The Hall–Kier alpha value is -4.48. The van der Waals surface area contributed by atoms with Gasteiger partial charge in [-0.05, 0) is 167 Å². The number of hydrogen-bond donors (Lipinski definition) is 0. The maximum atomic E-state index is 13.0. The number of carbonyl (C=O) groups is 6. The number of esters is 4. The highest BCUT2D eigenvalue weighted by atomic mass is 16.7. The minimum absolute atomic E-state index is 0.0425. The van der Waals surface area contributed by atoms with Crippen LogP contribution < -0.4 is 4.74 Å². The second-order valence-electron chi connectivity index (χ2n) is 21.4. The third-order valence-corrected chi connectivity index (χ3v) is 16.3. The summed E-state index contributed by atoms with van der Waals surface area (Å²) < 4.78 is 33.6. The van der Waals surface area contributed by atoms with E-state index < -0.39 is 30.2 Å². The molecule has 12 heteroatoms. The van der Waals surface area contributed by atoms with Gasteiger partial charge in [0.15, 0.2) is 6.10 Å². The molecule has 4 saturated carbocycles. The molecular formula is C57H84O12. The molecular weight excluding hydrogens is 877 g/mol. The fourth-order valence-corrected chi connectivity index (χ4v) is 12.8. The van der Waals surface area contributed by atoms with Crippen LogP contribution in [0.5, 0.6) is 5.75 Å². The number of Topliss-reactive ketones (excluding diaryl/α,β-unsaturated/α-hetero) is 1. The van der Waals surface area contributed by atoms with Gasteiger partial charge >= 0.3 is 30.0 Å². The summed E-state index contributed by atoms with van der Waals surface area (Å²) in [4.78, 5) is 75.6. The highest BCUT2D eigenvalue weighted by molar-refractivity contribution is 5.79. The van der Waals surface area contributed by atoms with E-state index in [0.717, 1.165) is 93.7 Å². The summed E-state index contributed by atoms with van der Waals surface area (Å²) in [5.74, 6) is 2.05. The van der Waals surface area contributed by atoms with Crippen LogP contribution in [-0.4, -0.2) is 61.2 Å². The van der Waals surface area contributed by atoms with E-state index in [9.17, 15) is 28.8 Å². The lowest BCUT2D eigenvalue weighted by Gasteiger charge is -2.61. The minimum atomic E-state index is -0.904. The Balaban J connectivity index is 0.962.